The number of amides is 1. The Morgan fingerprint density at radius 1 is 1.40 bits per heavy atom. The number of aromatic nitrogens is 2. The van der Waals surface area contributed by atoms with Crippen LogP contribution in [-0.2, 0) is 13.5 Å². The molecule has 2 N–H and O–H groups in total. The summed E-state index contributed by atoms with van der Waals surface area (Å²) in [5, 5.41) is 5.98. The van der Waals surface area contributed by atoms with Crippen LogP contribution in [-0.4, -0.2) is 29.1 Å². The molecule has 0 spiro atoms. The van der Waals surface area contributed by atoms with Crippen LogP contribution in [0.15, 0.2) is 30.6 Å². The highest BCUT2D eigenvalue weighted by Crippen LogP contribution is 2.16. The summed E-state index contributed by atoms with van der Waals surface area (Å²) in [6.45, 7) is 2.57. The Bertz CT molecular complexity index is 604. The summed E-state index contributed by atoms with van der Waals surface area (Å²) < 4.78 is 1.96. The fourth-order valence-corrected chi connectivity index (χ4v) is 2.08. The van der Waals surface area contributed by atoms with E-state index in [1.54, 1.807) is 6.20 Å². The van der Waals surface area contributed by atoms with Gasteiger partial charge in [0.15, 0.2) is 0 Å². The van der Waals surface area contributed by atoms with Crippen LogP contribution >= 0.6 is 0 Å². The summed E-state index contributed by atoms with van der Waals surface area (Å²) in [5.74, 6) is 0.895. The Kier molecular flexibility index (Phi) is 4.40. The van der Waals surface area contributed by atoms with Crippen molar-refractivity contribution in [3.63, 3.8) is 0 Å². The third-order valence-corrected chi connectivity index (χ3v) is 3.24. The summed E-state index contributed by atoms with van der Waals surface area (Å²) >= 11 is 0. The van der Waals surface area contributed by atoms with Gasteiger partial charge in [0.1, 0.15) is 5.82 Å². The second kappa shape index (κ2) is 6.23. The van der Waals surface area contributed by atoms with Gasteiger partial charge in [-0.05, 0) is 24.6 Å². The number of imidazole rings is 1. The zero-order valence-corrected chi connectivity index (χ0v) is 12.1. The van der Waals surface area contributed by atoms with Gasteiger partial charge in [0.05, 0.1) is 5.56 Å². The first-order valence-electron chi connectivity index (χ1n) is 6.64. The molecule has 0 radical (unpaired) electrons. The first-order valence-corrected chi connectivity index (χ1v) is 6.64. The number of nitrogens with one attached hydrogen (secondary N) is 2. The topological polar surface area (TPSA) is 59.0 Å². The van der Waals surface area contributed by atoms with Crippen molar-refractivity contribution in [2.45, 2.75) is 13.3 Å². The number of carbonyl (C=O) groups is 1. The average Bonchev–Trinajstić information content (AvgIpc) is 2.84. The molecule has 5 heteroatoms. The van der Waals surface area contributed by atoms with E-state index in [-0.39, 0.29) is 5.91 Å². The predicted molar refractivity (Wildman–Crippen MR) is 80.0 cm³/mol. The third-order valence-electron chi connectivity index (χ3n) is 3.24. The minimum Gasteiger partial charge on any atom is -0.387 e. The second-order valence-electron chi connectivity index (χ2n) is 4.76. The smallest absolute Gasteiger partial charge is 0.253 e. The van der Waals surface area contributed by atoms with Crippen LogP contribution in [0.4, 0.5) is 5.69 Å². The van der Waals surface area contributed by atoms with Gasteiger partial charge in [-0.25, -0.2) is 4.98 Å². The van der Waals surface area contributed by atoms with Gasteiger partial charge in [0, 0.05) is 45.1 Å². The van der Waals surface area contributed by atoms with Crippen LogP contribution in [0.3, 0.4) is 0 Å². The van der Waals surface area contributed by atoms with Crippen molar-refractivity contribution in [2.24, 2.45) is 7.05 Å². The first kappa shape index (κ1) is 14.1. The molecule has 0 aliphatic rings. The molecular weight excluding hydrogens is 252 g/mol. The molecule has 2 aromatic rings. The maximum atomic E-state index is 12.2. The van der Waals surface area contributed by atoms with Crippen molar-refractivity contribution in [1.82, 2.24) is 14.9 Å². The van der Waals surface area contributed by atoms with Gasteiger partial charge in [-0.1, -0.05) is 6.07 Å². The zero-order chi connectivity index (χ0) is 14.5. The minimum atomic E-state index is -0.0661. The number of benzene rings is 1. The van der Waals surface area contributed by atoms with Crippen molar-refractivity contribution < 1.29 is 4.79 Å². The molecule has 0 fully saturated rings. The SMILES string of the molecule is CNc1cc(C)ccc1C(=O)NCCc1nccn1C. The molecule has 0 saturated heterocycles. The van der Waals surface area contributed by atoms with Crippen molar-refractivity contribution in [3.05, 3.63) is 47.5 Å². The van der Waals surface area contributed by atoms with Gasteiger partial charge < -0.3 is 15.2 Å². The fraction of sp³-hybridized carbons (Fsp3) is 0.333. The third kappa shape index (κ3) is 3.17. The molecule has 2 rings (SSSR count). The molecule has 1 heterocycles. The van der Waals surface area contributed by atoms with Gasteiger partial charge in [-0.2, -0.15) is 0 Å². The standard InChI is InChI=1S/C15H20N4O/c1-11-4-5-12(13(10-11)16-2)15(20)18-7-6-14-17-8-9-19(14)3/h4-5,8-10,16H,6-7H2,1-3H3,(H,18,20). The molecule has 106 valence electrons. The maximum absolute atomic E-state index is 12.2. The highest BCUT2D eigenvalue weighted by atomic mass is 16.1. The normalized spacial score (nSPS) is 10.3. The van der Waals surface area contributed by atoms with Crippen LogP contribution < -0.4 is 10.6 Å². The van der Waals surface area contributed by atoms with Crippen molar-refractivity contribution in [1.29, 1.82) is 0 Å². The predicted octanol–water partition coefficient (Wildman–Crippen LogP) is 1.74. The molecule has 1 amide bonds. The number of rotatable bonds is 5. The molecule has 0 unspecified atom stereocenters. The van der Waals surface area contributed by atoms with Gasteiger partial charge in [-0.3, -0.25) is 4.79 Å². The first-order chi connectivity index (χ1) is 9.61. The molecule has 0 saturated carbocycles. The molecule has 1 aromatic carbocycles. The van der Waals surface area contributed by atoms with E-state index in [4.69, 9.17) is 0 Å². The summed E-state index contributed by atoms with van der Waals surface area (Å²) in [4.78, 5) is 16.4. The van der Waals surface area contributed by atoms with Crippen LogP contribution in [0.25, 0.3) is 0 Å². The molecule has 1 aromatic heterocycles. The largest absolute Gasteiger partial charge is 0.387 e. The number of anilines is 1. The lowest BCUT2D eigenvalue weighted by Gasteiger charge is -2.10. The van der Waals surface area contributed by atoms with E-state index in [1.807, 2.05) is 50.0 Å². The van der Waals surface area contributed by atoms with Crippen LogP contribution in [0, 0.1) is 6.92 Å². The van der Waals surface area contributed by atoms with Gasteiger partial charge in [-0.15, -0.1) is 0 Å². The van der Waals surface area contributed by atoms with Crippen molar-refractivity contribution in [3.8, 4) is 0 Å². The average molecular weight is 272 g/mol. The second-order valence-corrected chi connectivity index (χ2v) is 4.76. The Balaban J connectivity index is 1.97. The Morgan fingerprint density at radius 3 is 2.85 bits per heavy atom. The summed E-state index contributed by atoms with van der Waals surface area (Å²) in [7, 11) is 3.77. The summed E-state index contributed by atoms with van der Waals surface area (Å²) in [6.07, 6.45) is 4.38. The number of carbonyl (C=O) groups excluding carboxylic acids is 1. The van der Waals surface area contributed by atoms with Crippen LogP contribution in [0.1, 0.15) is 21.7 Å². The van der Waals surface area contributed by atoms with E-state index >= 15 is 0 Å². The summed E-state index contributed by atoms with van der Waals surface area (Å²) in [6, 6.07) is 5.75. The van der Waals surface area contributed by atoms with E-state index in [1.165, 1.54) is 0 Å². The van der Waals surface area contributed by atoms with E-state index in [2.05, 4.69) is 15.6 Å². The van der Waals surface area contributed by atoms with Crippen LogP contribution in [0.2, 0.25) is 0 Å². The quantitative estimate of drug-likeness (QED) is 0.871. The lowest BCUT2D eigenvalue weighted by Crippen LogP contribution is -2.27. The van der Waals surface area contributed by atoms with E-state index in [0.29, 0.717) is 12.1 Å². The monoisotopic (exact) mass is 272 g/mol. The maximum Gasteiger partial charge on any atom is 0.253 e. The molecule has 0 bridgehead atoms. The lowest BCUT2D eigenvalue weighted by atomic mass is 10.1. The molecule has 20 heavy (non-hydrogen) atoms. The van der Waals surface area contributed by atoms with Crippen molar-refractivity contribution in [2.75, 3.05) is 18.9 Å². The molecular formula is C15H20N4O. The van der Waals surface area contributed by atoms with Gasteiger partial charge >= 0.3 is 0 Å². The number of hydrogen-bond acceptors (Lipinski definition) is 3. The molecule has 0 aliphatic carbocycles. The Morgan fingerprint density at radius 2 is 2.20 bits per heavy atom. The number of aryl methyl sites for hydroxylation is 2. The highest BCUT2D eigenvalue weighted by molar-refractivity contribution is 5.99. The number of hydrogen-bond donors (Lipinski definition) is 2. The minimum absolute atomic E-state index is 0.0661. The van der Waals surface area contributed by atoms with Crippen molar-refractivity contribution >= 4 is 11.6 Å². The van der Waals surface area contributed by atoms with E-state index < -0.39 is 0 Å². The van der Waals surface area contributed by atoms with Gasteiger partial charge in [0.25, 0.3) is 5.91 Å². The molecule has 5 nitrogen and oxygen atoms in total. The fourth-order valence-electron chi connectivity index (χ4n) is 2.08. The van der Waals surface area contributed by atoms with Gasteiger partial charge in [0.2, 0.25) is 0 Å². The Labute approximate surface area is 119 Å². The number of nitrogens with zero attached hydrogens (tertiary/aromatic N) is 2. The molecule has 0 aliphatic heterocycles. The van der Waals surface area contributed by atoms with E-state index in [0.717, 1.165) is 23.5 Å². The zero-order valence-electron chi connectivity index (χ0n) is 12.1. The summed E-state index contributed by atoms with van der Waals surface area (Å²) in [5.41, 5.74) is 2.64. The van der Waals surface area contributed by atoms with E-state index in [9.17, 15) is 4.79 Å². The Hall–Kier alpha value is -2.30. The molecule has 0 atom stereocenters. The lowest BCUT2D eigenvalue weighted by molar-refractivity contribution is 0.0954. The van der Waals surface area contributed by atoms with Crippen LogP contribution in [0.5, 0.6) is 0 Å². The highest BCUT2D eigenvalue weighted by Gasteiger charge is 2.10.